The van der Waals surface area contributed by atoms with Crippen molar-refractivity contribution in [1.29, 1.82) is 0 Å². The molecule has 170 valence electrons. The molecule has 0 heterocycles. The summed E-state index contributed by atoms with van der Waals surface area (Å²) in [7, 11) is 0. The first-order valence-corrected chi connectivity index (χ1v) is 11.4. The van der Waals surface area contributed by atoms with E-state index in [4.69, 9.17) is 15.6 Å². The van der Waals surface area contributed by atoms with E-state index in [1.54, 1.807) is 6.07 Å². The standard InChI is InChI=1S/C28H29NO4/c29-28(32)25(17-24(19-8-3-1-4-9-19)20-10-5-2-6-11-20)22-14-15-23-21(16-22)12-7-13-26(23)33-27(31)18-30/h1-13,22,24-25,30H,14-18H2,(H2,29,32). The minimum atomic E-state index is -0.672. The molecule has 0 fully saturated rings. The third-order valence-electron chi connectivity index (χ3n) is 6.66. The van der Waals surface area contributed by atoms with Crippen LogP contribution >= 0.6 is 0 Å². The highest BCUT2D eigenvalue weighted by molar-refractivity contribution is 5.77. The molecule has 0 aliphatic heterocycles. The minimum absolute atomic E-state index is 0.0724. The molecule has 1 aliphatic carbocycles. The van der Waals surface area contributed by atoms with E-state index in [-0.39, 0.29) is 23.7 Å². The summed E-state index contributed by atoms with van der Waals surface area (Å²) in [4.78, 5) is 24.3. The van der Waals surface area contributed by atoms with Crippen molar-refractivity contribution < 1.29 is 19.4 Å². The molecule has 0 radical (unpaired) electrons. The lowest BCUT2D eigenvalue weighted by molar-refractivity contribution is -0.137. The van der Waals surface area contributed by atoms with Crippen molar-refractivity contribution in [2.75, 3.05) is 6.61 Å². The Morgan fingerprint density at radius 3 is 2.15 bits per heavy atom. The Labute approximate surface area is 194 Å². The Hall–Kier alpha value is -3.44. The number of aliphatic hydroxyl groups excluding tert-OH is 1. The highest BCUT2D eigenvalue weighted by Crippen LogP contribution is 2.40. The van der Waals surface area contributed by atoms with Gasteiger partial charge in [0.25, 0.3) is 0 Å². The lowest BCUT2D eigenvalue weighted by Crippen LogP contribution is -2.34. The number of aliphatic hydroxyl groups is 1. The Balaban J connectivity index is 1.60. The molecule has 1 aliphatic rings. The van der Waals surface area contributed by atoms with Gasteiger partial charge >= 0.3 is 5.97 Å². The van der Waals surface area contributed by atoms with Gasteiger partial charge in [-0.15, -0.1) is 0 Å². The highest BCUT2D eigenvalue weighted by Gasteiger charge is 2.33. The van der Waals surface area contributed by atoms with Crippen LogP contribution in [-0.2, 0) is 22.4 Å². The highest BCUT2D eigenvalue weighted by atomic mass is 16.5. The smallest absolute Gasteiger partial charge is 0.337 e. The second kappa shape index (κ2) is 10.5. The van der Waals surface area contributed by atoms with Gasteiger partial charge in [0.1, 0.15) is 12.4 Å². The minimum Gasteiger partial charge on any atom is -0.425 e. The van der Waals surface area contributed by atoms with Gasteiger partial charge in [-0.2, -0.15) is 0 Å². The Bertz CT molecular complexity index is 1060. The van der Waals surface area contributed by atoms with Crippen molar-refractivity contribution in [2.24, 2.45) is 17.6 Å². The number of ether oxygens (including phenoxy) is 1. The normalized spacial score (nSPS) is 16.1. The number of nitrogens with two attached hydrogens (primary N) is 1. The average molecular weight is 444 g/mol. The van der Waals surface area contributed by atoms with E-state index < -0.39 is 12.6 Å². The molecule has 0 saturated carbocycles. The molecular formula is C28H29NO4. The van der Waals surface area contributed by atoms with E-state index >= 15 is 0 Å². The van der Waals surface area contributed by atoms with Gasteiger partial charge in [0.2, 0.25) is 5.91 Å². The van der Waals surface area contributed by atoms with Gasteiger partial charge in [0, 0.05) is 11.8 Å². The number of benzene rings is 3. The number of amides is 1. The molecule has 4 rings (SSSR count). The molecule has 0 saturated heterocycles. The number of rotatable bonds is 8. The van der Waals surface area contributed by atoms with Crippen LogP contribution in [0.1, 0.15) is 41.0 Å². The van der Waals surface area contributed by atoms with Crippen LogP contribution in [0.2, 0.25) is 0 Å². The van der Waals surface area contributed by atoms with Crippen molar-refractivity contribution >= 4 is 11.9 Å². The quantitative estimate of drug-likeness (QED) is 0.407. The monoisotopic (exact) mass is 443 g/mol. The maximum atomic E-state index is 12.7. The van der Waals surface area contributed by atoms with Crippen LogP contribution in [-0.4, -0.2) is 23.6 Å². The summed E-state index contributed by atoms with van der Waals surface area (Å²) in [5.74, 6) is -0.562. The molecular weight excluding hydrogens is 414 g/mol. The summed E-state index contributed by atoms with van der Waals surface area (Å²) >= 11 is 0. The second-order valence-electron chi connectivity index (χ2n) is 8.65. The number of hydrogen-bond acceptors (Lipinski definition) is 4. The van der Waals surface area contributed by atoms with Gasteiger partial charge < -0.3 is 15.6 Å². The van der Waals surface area contributed by atoms with Gasteiger partial charge in [0.05, 0.1) is 0 Å². The molecule has 5 nitrogen and oxygen atoms in total. The third-order valence-corrected chi connectivity index (χ3v) is 6.66. The van der Waals surface area contributed by atoms with Crippen molar-refractivity contribution in [3.05, 3.63) is 101 Å². The molecule has 3 aromatic carbocycles. The van der Waals surface area contributed by atoms with Crippen molar-refractivity contribution in [1.82, 2.24) is 0 Å². The summed E-state index contributed by atoms with van der Waals surface area (Å²) < 4.78 is 5.30. The van der Waals surface area contributed by atoms with Gasteiger partial charge in [-0.05, 0) is 59.9 Å². The zero-order valence-electron chi connectivity index (χ0n) is 18.5. The van der Waals surface area contributed by atoms with Crippen LogP contribution in [0.15, 0.2) is 78.9 Å². The van der Waals surface area contributed by atoms with Crippen LogP contribution in [0.4, 0.5) is 0 Å². The van der Waals surface area contributed by atoms with Crippen LogP contribution in [0.3, 0.4) is 0 Å². The molecule has 0 bridgehead atoms. The summed E-state index contributed by atoms with van der Waals surface area (Å²) in [5.41, 5.74) is 10.4. The lowest BCUT2D eigenvalue weighted by Gasteiger charge is -2.33. The molecule has 5 heteroatoms. The SMILES string of the molecule is NC(=O)C(CC(c1ccccc1)c1ccccc1)C1CCc2c(cccc2OC(=O)CO)C1. The molecule has 33 heavy (non-hydrogen) atoms. The van der Waals surface area contributed by atoms with Crippen LogP contribution < -0.4 is 10.5 Å². The summed E-state index contributed by atoms with van der Waals surface area (Å²) in [6.45, 7) is -0.656. The first kappa shape index (κ1) is 22.7. The van der Waals surface area contributed by atoms with E-state index in [1.807, 2.05) is 48.5 Å². The van der Waals surface area contributed by atoms with Crippen LogP contribution in [0.5, 0.6) is 5.75 Å². The number of carbonyl (C=O) groups is 2. The van der Waals surface area contributed by atoms with Crippen LogP contribution in [0.25, 0.3) is 0 Å². The van der Waals surface area contributed by atoms with Gasteiger partial charge in [-0.1, -0.05) is 72.8 Å². The van der Waals surface area contributed by atoms with E-state index in [2.05, 4.69) is 24.3 Å². The molecule has 3 N–H and O–H groups in total. The Morgan fingerprint density at radius 1 is 0.939 bits per heavy atom. The van der Waals surface area contributed by atoms with E-state index in [9.17, 15) is 9.59 Å². The molecule has 1 amide bonds. The van der Waals surface area contributed by atoms with Gasteiger partial charge in [0.15, 0.2) is 0 Å². The molecule has 3 aromatic rings. The first-order valence-electron chi connectivity index (χ1n) is 11.4. The summed E-state index contributed by atoms with van der Waals surface area (Å²) in [5, 5.41) is 9.02. The topological polar surface area (TPSA) is 89.6 Å². The molecule has 0 spiro atoms. The fourth-order valence-electron chi connectivity index (χ4n) is 5.02. The molecule has 2 unspecified atom stereocenters. The van der Waals surface area contributed by atoms with Gasteiger partial charge in [-0.25, -0.2) is 4.79 Å². The predicted octanol–water partition coefficient (Wildman–Crippen LogP) is 4.01. The van der Waals surface area contributed by atoms with Crippen molar-refractivity contribution in [3.63, 3.8) is 0 Å². The molecule has 2 atom stereocenters. The van der Waals surface area contributed by atoms with E-state index in [0.29, 0.717) is 25.0 Å². The second-order valence-corrected chi connectivity index (χ2v) is 8.65. The van der Waals surface area contributed by atoms with Gasteiger partial charge in [-0.3, -0.25) is 4.79 Å². The van der Waals surface area contributed by atoms with E-state index in [0.717, 1.165) is 17.5 Å². The first-order chi connectivity index (χ1) is 16.1. The Morgan fingerprint density at radius 2 is 1.58 bits per heavy atom. The maximum Gasteiger partial charge on any atom is 0.337 e. The third kappa shape index (κ3) is 5.32. The summed E-state index contributed by atoms with van der Waals surface area (Å²) in [6.07, 6.45) is 2.82. The van der Waals surface area contributed by atoms with Crippen LogP contribution in [0, 0.1) is 11.8 Å². The number of fused-ring (bicyclic) bond motifs is 1. The fraction of sp³-hybridized carbons (Fsp3) is 0.286. The van der Waals surface area contributed by atoms with Crippen molar-refractivity contribution in [2.45, 2.75) is 31.6 Å². The van der Waals surface area contributed by atoms with E-state index in [1.165, 1.54) is 11.1 Å². The van der Waals surface area contributed by atoms with Crippen molar-refractivity contribution in [3.8, 4) is 5.75 Å². The largest absolute Gasteiger partial charge is 0.425 e. The number of esters is 1. The average Bonchev–Trinajstić information content (AvgIpc) is 2.85. The maximum absolute atomic E-state index is 12.7. The summed E-state index contributed by atoms with van der Waals surface area (Å²) in [6, 6.07) is 26.1. The fourth-order valence-corrected chi connectivity index (χ4v) is 5.02. The number of carbonyl (C=O) groups excluding carboxylic acids is 2. The number of primary amides is 1. The number of hydrogen-bond donors (Lipinski definition) is 2. The zero-order chi connectivity index (χ0) is 23.2. The zero-order valence-corrected chi connectivity index (χ0v) is 18.5. The molecule has 0 aromatic heterocycles. The predicted molar refractivity (Wildman–Crippen MR) is 127 cm³/mol. The Kier molecular flexibility index (Phi) is 7.20. The lowest BCUT2D eigenvalue weighted by atomic mass is 9.72.